The van der Waals surface area contributed by atoms with Crippen molar-refractivity contribution >= 4 is 12.0 Å². The van der Waals surface area contributed by atoms with Crippen LogP contribution in [0.15, 0.2) is 18.6 Å². The molecule has 0 radical (unpaired) electrons. The number of aromatic nitrogens is 2. The van der Waals surface area contributed by atoms with Gasteiger partial charge in [-0.15, -0.1) is 0 Å². The van der Waals surface area contributed by atoms with Crippen LogP contribution in [0.4, 0.5) is 0 Å². The van der Waals surface area contributed by atoms with Crippen molar-refractivity contribution in [3.8, 4) is 0 Å². The van der Waals surface area contributed by atoms with Gasteiger partial charge in [0, 0.05) is 20.2 Å². The number of hydrogen-bond donors (Lipinski definition) is 0. The minimum atomic E-state index is -0.287. The molecule has 0 fully saturated rings. The molecule has 1 rings (SSSR count). The molecular weight excluding hydrogens is 196 g/mol. The first-order valence-electron chi connectivity index (χ1n) is 4.53. The van der Waals surface area contributed by atoms with Gasteiger partial charge in [-0.2, -0.15) is 0 Å². The van der Waals surface area contributed by atoms with E-state index < -0.39 is 0 Å². The van der Waals surface area contributed by atoms with E-state index in [1.54, 1.807) is 25.6 Å². The lowest BCUT2D eigenvalue weighted by molar-refractivity contribution is -0.139. The third kappa shape index (κ3) is 4.42. The van der Waals surface area contributed by atoms with Crippen LogP contribution in [0.5, 0.6) is 0 Å². The minimum absolute atomic E-state index is 0.270. The standard InChI is InChI=1S/C10H14N2O3/c1-9(13)15-5-3-4-10-6-12(7-11-10)8-14-2/h3-4,6-7H,5,8H2,1-2H3/b4-3+. The maximum Gasteiger partial charge on any atom is 0.302 e. The highest BCUT2D eigenvalue weighted by Crippen LogP contribution is 1.99. The number of imidazole rings is 1. The predicted molar refractivity (Wildman–Crippen MR) is 54.9 cm³/mol. The Hall–Kier alpha value is -1.62. The number of ether oxygens (including phenoxy) is 2. The van der Waals surface area contributed by atoms with Gasteiger partial charge in [-0.25, -0.2) is 4.98 Å². The van der Waals surface area contributed by atoms with E-state index >= 15 is 0 Å². The fourth-order valence-electron chi connectivity index (χ4n) is 1.02. The smallest absolute Gasteiger partial charge is 0.302 e. The number of methoxy groups -OCH3 is 1. The van der Waals surface area contributed by atoms with Crippen LogP contribution < -0.4 is 0 Å². The van der Waals surface area contributed by atoms with Crippen LogP contribution in [-0.2, 0) is 21.0 Å². The Morgan fingerprint density at radius 1 is 1.67 bits per heavy atom. The van der Waals surface area contributed by atoms with Crippen molar-refractivity contribution in [3.63, 3.8) is 0 Å². The number of carbonyl (C=O) groups is 1. The van der Waals surface area contributed by atoms with E-state index in [0.717, 1.165) is 5.69 Å². The summed E-state index contributed by atoms with van der Waals surface area (Å²) in [6.07, 6.45) is 7.04. The van der Waals surface area contributed by atoms with E-state index in [2.05, 4.69) is 4.98 Å². The summed E-state index contributed by atoms with van der Waals surface area (Å²) in [7, 11) is 1.62. The van der Waals surface area contributed by atoms with Crippen LogP contribution in [0.3, 0.4) is 0 Å². The van der Waals surface area contributed by atoms with Gasteiger partial charge in [-0.3, -0.25) is 4.79 Å². The van der Waals surface area contributed by atoms with Crippen LogP contribution in [0, 0.1) is 0 Å². The number of carbonyl (C=O) groups excluding carboxylic acids is 1. The van der Waals surface area contributed by atoms with Crippen LogP contribution in [0.1, 0.15) is 12.6 Å². The van der Waals surface area contributed by atoms with Gasteiger partial charge < -0.3 is 14.0 Å². The van der Waals surface area contributed by atoms with Gasteiger partial charge in [-0.05, 0) is 12.2 Å². The van der Waals surface area contributed by atoms with E-state index in [0.29, 0.717) is 6.73 Å². The molecule has 0 N–H and O–H groups in total. The van der Waals surface area contributed by atoms with Gasteiger partial charge in [0.05, 0.1) is 12.0 Å². The van der Waals surface area contributed by atoms with Crippen molar-refractivity contribution in [2.75, 3.05) is 13.7 Å². The fourth-order valence-corrected chi connectivity index (χ4v) is 1.02. The predicted octanol–water partition coefficient (Wildman–Crippen LogP) is 1.06. The largest absolute Gasteiger partial charge is 0.462 e. The Morgan fingerprint density at radius 3 is 3.13 bits per heavy atom. The first-order chi connectivity index (χ1) is 7.22. The SMILES string of the molecule is COCn1cnc(/C=C/COC(C)=O)c1. The Balaban J connectivity index is 2.39. The maximum absolute atomic E-state index is 10.5. The van der Waals surface area contributed by atoms with Gasteiger partial charge in [-0.1, -0.05) is 0 Å². The van der Waals surface area contributed by atoms with Crippen molar-refractivity contribution in [3.05, 3.63) is 24.3 Å². The number of nitrogens with zero attached hydrogens (tertiary/aromatic N) is 2. The molecular formula is C10H14N2O3. The van der Waals surface area contributed by atoms with E-state index in [9.17, 15) is 4.79 Å². The zero-order chi connectivity index (χ0) is 11.1. The molecule has 5 nitrogen and oxygen atoms in total. The monoisotopic (exact) mass is 210 g/mol. The Kier molecular flexibility index (Phi) is 4.56. The fraction of sp³-hybridized carbons (Fsp3) is 0.400. The molecule has 1 aromatic rings. The molecule has 0 spiro atoms. The lowest BCUT2D eigenvalue weighted by atomic mass is 10.4. The molecule has 0 aliphatic carbocycles. The second-order valence-corrected chi connectivity index (χ2v) is 2.94. The van der Waals surface area contributed by atoms with Gasteiger partial charge in [0.15, 0.2) is 0 Å². The lowest BCUT2D eigenvalue weighted by Gasteiger charge is -1.96. The zero-order valence-corrected chi connectivity index (χ0v) is 8.84. The molecule has 0 aliphatic rings. The van der Waals surface area contributed by atoms with Crippen LogP contribution in [0.25, 0.3) is 6.08 Å². The lowest BCUT2D eigenvalue weighted by Crippen LogP contribution is -1.97. The average Bonchev–Trinajstić information content (AvgIpc) is 2.61. The Bertz CT molecular complexity index is 344. The molecule has 0 saturated carbocycles. The van der Waals surface area contributed by atoms with Crippen molar-refractivity contribution in [2.45, 2.75) is 13.7 Å². The van der Waals surface area contributed by atoms with Gasteiger partial charge >= 0.3 is 5.97 Å². The van der Waals surface area contributed by atoms with Gasteiger partial charge in [0.25, 0.3) is 0 Å². The number of esters is 1. The van der Waals surface area contributed by atoms with E-state index in [1.165, 1.54) is 6.92 Å². The Labute approximate surface area is 88.3 Å². The second kappa shape index (κ2) is 5.98. The molecule has 0 bridgehead atoms. The molecule has 15 heavy (non-hydrogen) atoms. The first-order valence-corrected chi connectivity index (χ1v) is 4.53. The molecule has 0 amide bonds. The quantitative estimate of drug-likeness (QED) is 0.682. The number of rotatable bonds is 5. The van der Waals surface area contributed by atoms with Crippen molar-refractivity contribution in [1.82, 2.24) is 9.55 Å². The summed E-state index contributed by atoms with van der Waals surface area (Å²) in [4.78, 5) is 14.6. The summed E-state index contributed by atoms with van der Waals surface area (Å²) in [5.41, 5.74) is 0.805. The minimum Gasteiger partial charge on any atom is -0.462 e. The van der Waals surface area contributed by atoms with Crippen LogP contribution in [0.2, 0.25) is 0 Å². The molecule has 82 valence electrons. The molecule has 0 aromatic carbocycles. The van der Waals surface area contributed by atoms with Gasteiger partial charge in [0.1, 0.15) is 13.3 Å². The molecule has 0 unspecified atom stereocenters. The van der Waals surface area contributed by atoms with E-state index in [-0.39, 0.29) is 12.6 Å². The molecule has 0 saturated heterocycles. The Morgan fingerprint density at radius 2 is 2.47 bits per heavy atom. The normalized spacial score (nSPS) is 10.8. The summed E-state index contributed by atoms with van der Waals surface area (Å²) < 4.78 is 11.5. The van der Waals surface area contributed by atoms with Gasteiger partial charge in [0.2, 0.25) is 0 Å². The second-order valence-electron chi connectivity index (χ2n) is 2.94. The molecule has 5 heteroatoms. The summed E-state index contributed by atoms with van der Waals surface area (Å²) in [5.74, 6) is -0.287. The van der Waals surface area contributed by atoms with Crippen molar-refractivity contribution < 1.29 is 14.3 Å². The van der Waals surface area contributed by atoms with Crippen LogP contribution in [-0.4, -0.2) is 29.2 Å². The van der Waals surface area contributed by atoms with E-state index in [1.807, 2.05) is 10.8 Å². The topological polar surface area (TPSA) is 53.4 Å². The third-order valence-electron chi connectivity index (χ3n) is 1.60. The summed E-state index contributed by atoms with van der Waals surface area (Å²) >= 11 is 0. The molecule has 1 aromatic heterocycles. The maximum atomic E-state index is 10.5. The average molecular weight is 210 g/mol. The zero-order valence-electron chi connectivity index (χ0n) is 8.84. The molecule has 0 atom stereocenters. The van der Waals surface area contributed by atoms with Crippen molar-refractivity contribution in [1.29, 1.82) is 0 Å². The summed E-state index contributed by atoms with van der Waals surface area (Å²) in [6, 6.07) is 0. The molecule has 1 heterocycles. The van der Waals surface area contributed by atoms with E-state index in [4.69, 9.17) is 9.47 Å². The third-order valence-corrected chi connectivity index (χ3v) is 1.60. The molecule has 0 aliphatic heterocycles. The van der Waals surface area contributed by atoms with Crippen LogP contribution >= 0.6 is 0 Å². The number of hydrogen-bond acceptors (Lipinski definition) is 4. The highest BCUT2D eigenvalue weighted by Gasteiger charge is 1.93. The summed E-state index contributed by atoms with van der Waals surface area (Å²) in [6.45, 7) is 2.12. The summed E-state index contributed by atoms with van der Waals surface area (Å²) in [5, 5.41) is 0. The highest BCUT2D eigenvalue weighted by atomic mass is 16.5. The highest BCUT2D eigenvalue weighted by molar-refractivity contribution is 5.66. The first kappa shape index (κ1) is 11.5. The van der Waals surface area contributed by atoms with Crippen molar-refractivity contribution in [2.24, 2.45) is 0 Å².